The molecule has 1 aliphatic carbocycles. The summed E-state index contributed by atoms with van der Waals surface area (Å²) < 4.78 is 25.9. The van der Waals surface area contributed by atoms with E-state index in [1.54, 1.807) is 0 Å². The zero-order valence-corrected chi connectivity index (χ0v) is 11.9. The number of nitrogens with one attached hydrogen (secondary N) is 1. The first-order valence-electron chi connectivity index (χ1n) is 7.47. The second kappa shape index (κ2) is 7.50. The van der Waals surface area contributed by atoms with Crippen molar-refractivity contribution in [3.05, 3.63) is 35.4 Å². The maximum atomic E-state index is 13.1. The second-order valence-corrected chi connectivity index (χ2v) is 5.63. The molecule has 3 nitrogen and oxygen atoms in total. The lowest BCUT2D eigenvalue weighted by molar-refractivity contribution is -0.122. The lowest BCUT2D eigenvalue weighted by Crippen LogP contribution is -2.42. The van der Waals surface area contributed by atoms with Crippen LogP contribution in [0.25, 0.3) is 0 Å². The maximum Gasteiger partial charge on any atom is 0.220 e. The molecule has 0 saturated heterocycles. The van der Waals surface area contributed by atoms with Crippen molar-refractivity contribution < 1.29 is 18.7 Å². The molecule has 1 aromatic rings. The minimum atomic E-state index is -0.896. The Hall–Kier alpha value is -1.49. The van der Waals surface area contributed by atoms with Gasteiger partial charge in [-0.25, -0.2) is 8.78 Å². The molecule has 2 N–H and O–H groups in total. The van der Waals surface area contributed by atoms with Gasteiger partial charge in [-0.2, -0.15) is 0 Å². The van der Waals surface area contributed by atoms with Crippen LogP contribution in [0.5, 0.6) is 0 Å². The van der Waals surface area contributed by atoms with Crippen molar-refractivity contribution in [2.75, 3.05) is 0 Å². The fraction of sp³-hybridized carbons (Fsp3) is 0.562. The van der Waals surface area contributed by atoms with Gasteiger partial charge in [-0.15, -0.1) is 0 Å². The molecule has 0 heterocycles. The number of rotatable bonds is 4. The minimum Gasteiger partial charge on any atom is -0.391 e. The van der Waals surface area contributed by atoms with Gasteiger partial charge < -0.3 is 10.4 Å². The zero-order chi connectivity index (χ0) is 15.2. The molecule has 1 aromatic carbocycles. The van der Waals surface area contributed by atoms with Gasteiger partial charge in [-0.3, -0.25) is 4.79 Å². The van der Waals surface area contributed by atoms with Crippen molar-refractivity contribution in [1.82, 2.24) is 5.32 Å². The number of amides is 1. The Labute approximate surface area is 123 Å². The van der Waals surface area contributed by atoms with E-state index in [0.29, 0.717) is 18.4 Å². The number of hydrogen-bond donors (Lipinski definition) is 2. The lowest BCUT2D eigenvalue weighted by atomic mass is 10.0. The summed E-state index contributed by atoms with van der Waals surface area (Å²) in [5.74, 6) is -1.94. The van der Waals surface area contributed by atoms with Gasteiger partial charge in [0.1, 0.15) is 0 Å². The highest BCUT2D eigenvalue weighted by molar-refractivity contribution is 5.76. The highest BCUT2D eigenvalue weighted by atomic mass is 19.2. The number of carbonyl (C=O) groups is 1. The molecule has 21 heavy (non-hydrogen) atoms. The van der Waals surface area contributed by atoms with E-state index in [-0.39, 0.29) is 18.4 Å². The predicted octanol–water partition coefficient (Wildman–Crippen LogP) is 2.71. The van der Waals surface area contributed by atoms with Crippen LogP contribution in [0, 0.1) is 11.6 Å². The van der Waals surface area contributed by atoms with Crippen LogP contribution in [-0.4, -0.2) is 23.2 Å². The Morgan fingerprint density at radius 3 is 2.71 bits per heavy atom. The van der Waals surface area contributed by atoms with E-state index in [0.717, 1.165) is 37.8 Å². The third kappa shape index (κ3) is 4.77. The number of aliphatic hydroxyl groups excluding tert-OH is 1. The number of benzene rings is 1. The summed E-state index contributed by atoms with van der Waals surface area (Å²) in [7, 11) is 0. The molecule has 5 heteroatoms. The van der Waals surface area contributed by atoms with Crippen molar-refractivity contribution in [3.63, 3.8) is 0 Å². The van der Waals surface area contributed by atoms with E-state index in [1.165, 1.54) is 6.07 Å². The molecule has 1 amide bonds. The Morgan fingerprint density at radius 1 is 1.19 bits per heavy atom. The summed E-state index contributed by atoms with van der Waals surface area (Å²) in [6.45, 7) is 0. The van der Waals surface area contributed by atoms with Crippen LogP contribution in [0.15, 0.2) is 18.2 Å². The van der Waals surface area contributed by atoms with Crippen molar-refractivity contribution in [3.8, 4) is 0 Å². The van der Waals surface area contributed by atoms with Crippen LogP contribution in [0.3, 0.4) is 0 Å². The van der Waals surface area contributed by atoms with Crippen molar-refractivity contribution >= 4 is 5.91 Å². The van der Waals surface area contributed by atoms with Crippen LogP contribution >= 0.6 is 0 Å². The highest BCUT2D eigenvalue weighted by Gasteiger charge is 2.22. The van der Waals surface area contributed by atoms with Crippen molar-refractivity contribution in [2.45, 2.75) is 57.1 Å². The monoisotopic (exact) mass is 297 g/mol. The van der Waals surface area contributed by atoms with Crippen molar-refractivity contribution in [1.29, 1.82) is 0 Å². The molecule has 1 aliphatic rings. The summed E-state index contributed by atoms with van der Waals surface area (Å²) in [6.07, 6.45) is 4.65. The van der Waals surface area contributed by atoms with Crippen molar-refractivity contribution in [2.24, 2.45) is 0 Å². The SMILES string of the molecule is O=C(CCc1ccc(F)c(F)c1)NC1CCCCCC1O. The van der Waals surface area contributed by atoms with Gasteiger partial charge >= 0.3 is 0 Å². The molecule has 0 spiro atoms. The van der Waals surface area contributed by atoms with Crippen LogP contribution in [0.1, 0.15) is 44.1 Å². The van der Waals surface area contributed by atoms with Gasteiger partial charge in [0, 0.05) is 6.42 Å². The molecule has 116 valence electrons. The van der Waals surface area contributed by atoms with E-state index in [9.17, 15) is 18.7 Å². The molecule has 1 saturated carbocycles. The number of aryl methyl sites for hydroxylation is 1. The van der Waals surface area contributed by atoms with Gasteiger partial charge in [0.15, 0.2) is 11.6 Å². The topological polar surface area (TPSA) is 49.3 Å². The molecule has 2 atom stereocenters. The third-order valence-corrected chi connectivity index (χ3v) is 3.95. The van der Waals surface area contributed by atoms with Crippen LogP contribution in [0.2, 0.25) is 0 Å². The molecular weight excluding hydrogens is 276 g/mol. The van der Waals surface area contributed by atoms with Gasteiger partial charge in [0.25, 0.3) is 0 Å². The van der Waals surface area contributed by atoms with E-state index in [2.05, 4.69) is 5.32 Å². The first kappa shape index (κ1) is 15.9. The summed E-state index contributed by atoms with van der Waals surface area (Å²) in [5, 5.41) is 12.8. The molecule has 0 radical (unpaired) electrons. The Morgan fingerprint density at radius 2 is 1.95 bits per heavy atom. The van der Waals surface area contributed by atoms with Crippen LogP contribution < -0.4 is 5.32 Å². The van der Waals surface area contributed by atoms with E-state index in [1.807, 2.05) is 0 Å². The molecule has 1 fully saturated rings. The van der Waals surface area contributed by atoms with Crippen LogP contribution in [-0.2, 0) is 11.2 Å². The second-order valence-electron chi connectivity index (χ2n) is 5.63. The quantitative estimate of drug-likeness (QED) is 0.840. The van der Waals surface area contributed by atoms with Gasteiger partial charge in [0.05, 0.1) is 12.1 Å². The van der Waals surface area contributed by atoms with E-state index in [4.69, 9.17) is 0 Å². The minimum absolute atomic E-state index is 0.161. The van der Waals surface area contributed by atoms with E-state index >= 15 is 0 Å². The number of aliphatic hydroxyl groups is 1. The normalized spacial score (nSPS) is 22.6. The number of halogens is 2. The molecule has 2 rings (SSSR count). The number of hydrogen-bond acceptors (Lipinski definition) is 2. The van der Waals surface area contributed by atoms with Crippen LogP contribution in [0.4, 0.5) is 8.78 Å². The molecule has 0 aromatic heterocycles. The smallest absolute Gasteiger partial charge is 0.220 e. The average molecular weight is 297 g/mol. The Balaban J connectivity index is 1.82. The average Bonchev–Trinajstić information content (AvgIpc) is 2.65. The fourth-order valence-electron chi connectivity index (χ4n) is 2.69. The summed E-state index contributed by atoms with van der Waals surface area (Å²) in [5.41, 5.74) is 0.588. The third-order valence-electron chi connectivity index (χ3n) is 3.95. The van der Waals surface area contributed by atoms with Gasteiger partial charge in [0.2, 0.25) is 5.91 Å². The van der Waals surface area contributed by atoms with E-state index < -0.39 is 17.7 Å². The Bertz CT molecular complexity index is 493. The molecule has 2 unspecified atom stereocenters. The molecule has 0 aliphatic heterocycles. The number of carbonyl (C=O) groups excluding carboxylic acids is 1. The highest BCUT2D eigenvalue weighted by Crippen LogP contribution is 2.18. The standard InChI is InChI=1S/C16H21F2NO2/c17-12-8-6-11(10-13(12)18)7-9-16(21)19-14-4-2-1-3-5-15(14)20/h6,8,10,14-15,20H,1-5,7,9H2,(H,19,21). The maximum absolute atomic E-state index is 13.1. The predicted molar refractivity (Wildman–Crippen MR) is 75.7 cm³/mol. The fourth-order valence-corrected chi connectivity index (χ4v) is 2.69. The largest absolute Gasteiger partial charge is 0.391 e. The summed E-state index contributed by atoms with van der Waals surface area (Å²) >= 11 is 0. The summed E-state index contributed by atoms with van der Waals surface area (Å²) in [6, 6.07) is 3.47. The lowest BCUT2D eigenvalue weighted by Gasteiger charge is -2.21. The Kier molecular flexibility index (Phi) is 5.67. The molecular formula is C16H21F2NO2. The first-order valence-corrected chi connectivity index (χ1v) is 7.47. The zero-order valence-electron chi connectivity index (χ0n) is 11.9. The van der Waals surface area contributed by atoms with Gasteiger partial charge in [-0.05, 0) is 37.0 Å². The molecule has 0 bridgehead atoms. The summed E-state index contributed by atoms with van der Waals surface area (Å²) in [4.78, 5) is 11.9. The van der Waals surface area contributed by atoms with Gasteiger partial charge in [-0.1, -0.05) is 25.3 Å². The first-order chi connectivity index (χ1) is 10.1.